The van der Waals surface area contributed by atoms with Crippen molar-refractivity contribution in [1.82, 2.24) is 5.32 Å². The van der Waals surface area contributed by atoms with Gasteiger partial charge in [0.05, 0.1) is 5.60 Å². The van der Waals surface area contributed by atoms with E-state index in [2.05, 4.69) is 33.0 Å². The van der Waals surface area contributed by atoms with E-state index in [1.165, 1.54) is 6.42 Å². The molecule has 1 unspecified atom stereocenters. The molecule has 12 heavy (non-hydrogen) atoms. The van der Waals surface area contributed by atoms with Gasteiger partial charge in [0, 0.05) is 19.2 Å². The smallest absolute Gasteiger partial charge is 0.0750 e. The minimum atomic E-state index is -0.0296. The summed E-state index contributed by atoms with van der Waals surface area (Å²) in [6, 6.07) is 0.588. The van der Waals surface area contributed by atoms with Gasteiger partial charge in [-0.25, -0.2) is 0 Å². The highest BCUT2D eigenvalue weighted by Gasteiger charge is 2.17. The van der Waals surface area contributed by atoms with Gasteiger partial charge in [0.1, 0.15) is 0 Å². The van der Waals surface area contributed by atoms with E-state index in [4.69, 9.17) is 4.74 Å². The van der Waals surface area contributed by atoms with Crippen LogP contribution in [0, 0.1) is 0 Å². The minimum Gasteiger partial charge on any atom is -0.375 e. The molecule has 0 amide bonds. The zero-order chi connectivity index (χ0) is 9.61. The Morgan fingerprint density at radius 2 is 1.92 bits per heavy atom. The standard InChI is InChI=1S/C10H23NO/c1-6-9(3)11-8-10(4,5)12-7-2/h9,11H,6-8H2,1-5H3. The van der Waals surface area contributed by atoms with Crippen LogP contribution in [0.25, 0.3) is 0 Å². The van der Waals surface area contributed by atoms with E-state index < -0.39 is 0 Å². The van der Waals surface area contributed by atoms with Gasteiger partial charge in [0.2, 0.25) is 0 Å². The second-order valence-corrected chi connectivity index (χ2v) is 3.88. The maximum atomic E-state index is 5.56. The van der Waals surface area contributed by atoms with Crippen LogP contribution in [0.3, 0.4) is 0 Å². The lowest BCUT2D eigenvalue weighted by Crippen LogP contribution is -2.41. The van der Waals surface area contributed by atoms with Crippen molar-refractivity contribution in [2.75, 3.05) is 13.2 Å². The van der Waals surface area contributed by atoms with E-state index in [1.807, 2.05) is 6.92 Å². The van der Waals surface area contributed by atoms with Crippen LogP contribution < -0.4 is 5.32 Å². The fourth-order valence-corrected chi connectivity index (χ4v) is 1.01. The van der Waals surface area contributed by atoms with Crippen LogP contribution in [0.2, 0.25) is 0 Å². The SMILES string of the molecule is CCOC(C)(C)CNC(C)CC. The summed E-state index contributed by atoms with van der Waals surface area (Å²) in [7, 11) is 0. The lowest BCUT2D eigenvalue weighted by atomic mass is 10.1. The predicted molar refractivity (Wildman–Crippen MR) is 53.5 cm³/mol. The van der Waals surface area contributed by atoms with Gasteiger partial charge >= 0.3 is 0 Å². The summed E-state index contributed by atoms with van der Waals surface area (Å²) in [5.41, 5.74) is -0.0296. The Morgan fingerprint density at radius 3 is 2.33 bits per heavy atom. The molecule has 0 aromatic rings. The molecule has 0 saturated heterocycles. The van der Waals surface area contributed by atoms with Gasteiger partial charge in [-0.2, -0.15) is 0 Å². The molecule has 0 saturated carbocycles. The molecule has 1 N–H and O–H groups in total. The normalized spacial score (nSPS) is 14.8. The Bertz CT molecular complexity index is 112. The molecule has 0 fully saturated rings. The number of nitrogens with one attached hydrogen (secondary N) is 1. The largest absolute Gasteiger partial charge is 0.375 e. The van der Waals surface area contributed by atoms with Crippen LogP contribution in [0.5, 0.6) is 0 Å². The second-order valence-electron chi connectivity index (χ2n) is 3.88. The Labute approximate surface area is 76.7 Å². The Balaban J connectivity index is 3.59. The third-order valence-electron chi connectivity index (χ3n) is 2.02. The molecule has 2 heteroatoms. The first-order valence-electron chi connectivity index (χ1n) is 4.89. The van der Waals surface area contributed by atoms with Crippen molar-refractivity contribution in [2.45, 2.75) is 52.7 Å². The molecule has 0 radical (unpaired) electrons. The number of hydrogen-bond donors (Lipinski definition) is 1. The third-order valence-corrected chi connectivity index (χ3v) is 2.02. The van der Waals surface area contributed by atoms with Crippen molar-refractivity contribution >= 4 is 0 Å². The molecule has 0 spiro atoms. The molecule has 1 atom stereocenters. The Kier molecular flexibility index (Phi) is 5.51. The molecule has 2 nitrogen and oxygen atoms in total. The number of hydrogen-bond acceptors (Lipinski definition) is 2. The van der Waals surface area contributed by atoms with Crippen molar-refractivity contribution in [3.8, 4) is 0 Å². The molecular formula is C10H23NO. The summed E-state index contributed by atoms with van der Waals surface area (Å²) < 4.78 is 5.56. The quantitative estimate of drug-likeness (QED) is 0.665. The Morgan fingerprint density at radius 1 is 1.33 bits per heavy atom. The minimum absolute atomic E-state index is 0.0296. The van der Waals surface area contributed by atoms with Crippen LogP contribution in [0.15, 0.2) is 0 Å². The van der Waals surface area contributed by atoms with E-state index in [-0.39, 0.29) is 5.60 Å². The summed E-state index contributed by atoms with van der Waals surface area (Å²) >= 11 is 0. The molecule has 0 aliphatic heterocycles. The van der Waals surface area contributed by atoms with Gasteiger partial charge in [-0.3, -0.25) is 0 Å². The van der Waals surface area contributed by atoms with Gasteiger partial charge in [-0.1, -0.05) is 6.92 Å². The summed E-state index contributed by atoms with van der Waals surface area (Å²) in [4.78, 5) is 0. The highest BCUT2D eigenvalue weighted by molar-refractivity contribution is 4.73. The van der Waals surface area contributed by atoms with Gasteiger partial charge in [-0.15, -0.1) is 0 Å². The number of rotatable bonds is 6. The maximum Gasteiger partial charge on any atom is 0.0750 e. The molecule has 0 bridgehead atoms. The monoisotopic (exact) mass is 173 g/mol. The molecule has 0 aliphatic carbocycles. The molecule has 0 aliphatic rings. The highest BCUT2D eigenvalue weighted by atomic mass is 16.5. The molecular weight excluding hydrogens is 150 g/mol. The molecule has 0 heterocycles. The Hall–Kier alpha value is -0.0800. The topological polar surface area (TPSA) is 21.3 Å². The summed E-state index contributed by atoms with van der Waals surface area (Å²) in [5.74, 6) is 0. The van der Waals surface area contributed by atoms with Crippen LogP contribution in [0.4, 0.5) is 0 Å². The van der Waals surface area contributed by atoms with E-state index in [1.54, 1.807) is 0 Å². The summed E-state index contributed by atoms with van der Waals surface area (Å²) in [6.45, 7) is 12.4. The van der Waals surface area contributed by atoms with Gasteiger partial charge < -0.3 is 10.1 Å². The average Bonchev–Trinajstić information content (AvgIpc) is 2.00. The first kappa shape index (κ1) is 11.9. The molecule has 74 valence electrons. The first-order chi connectivity index (χ1) is 5.52. The van der Waals surface area contributed by atoms with Crippen molar-refractivity contribution in [3.05, 3.63) is 0 Å². The average molecular weight is 173 g/mol. The van der Waals surface area contributed by atoms with Crippen molar-refractivity contribution in [3.63, 3.8) is 0 Å². The summed E-state index contributed by atoms with van der Waals surface area (Å²) in [5, 5.41) is 3.43. The van der Waals surface area contributed by atoms with Crippen LogP contribution >= 0.6 is 0 Å². The van der Waals surface area contributed by atoms with Gasteiger partial charge in [-0.05, 0) is 34.1 Å². The third kappa shape index (κ3) is 5.56. The van der Waals surface area contributed by atoms with Crippen LogP contribution in [0.1, 0.15) is 41.0 Å². The van der Waals surface area contributed by atoms with E-state index in [9.17, 15) is 0 Å². The predicted octanol–water partition coefficient (Wildman–Crippen LogP) is 2.19. The van der Waals surface area contributed by atoms with Crippen LogP contribution in [-0.2, 0) is 4.74 Å². The molecule has 0 aromatic carbocycles. The fourth-order valence-electron chi connectivity index (χ4n) is 1.01. The highest BCUT2D eigenvalue weighted by Crippen LogP contribution is 2.07. The lowest BCUT2D eigenvalue weighted by molar-refractivity contribution is -0.0103. The number of ether oxygens (including phenoxy) is 1. The maximum absolute atomic E-state index is 5.56. The van der Waals surface area contributed by atoms with E-state index >= 15 is 0 Å². The van der Waals surface area contributed by atoms with Gasteiger partial charge in [0.15, 0.2) is 0 Å². The molecule has 0 aromatic heterocycles. The zero-order valence-corrected chi connectivity index (χ0v) is 9.11. The van der Waals surface area contributed by atoms with Crippen molar-refractivity contribution in [2.24, 2.45) is 0 Å². The van der Waals surface area contributed by atoms with Crippen LogP contribution in [-0.4, -0.2) is 24.8 Å². The van der Waals surface area contributed by atoms with E-state index in [0.717, 1.165) is 13.2 Å². The van der Waals surface area contributed by atoms with E-state index in [0.29, 0.717) is 6.04 Å². The van der Waals surface area contributed by atoms with Crippen molar-refractivity contribution < 1.29 is 4.74 Å². The van der Waals surface area contributed by atoms with Gasteiger partial charge in [0.25, 0.3) is 0 Å². The van der Waals surface area contributed by atoms with Crippen molar-refractivity contribution in [1.29, 1.82) is 0 Å². The molecule has 0 rings (SSSR count). The second kappa shape index (κ2) is 5.55. The summed E-state index contributed by atoms with van der Waals surface area (Å²) in [6.07, 6.45) is 1.17. The lowest BCUT2D eigenvalue weighted by Gasteiger charge is -2.26. The zero-order valence-electron chi connectivity index (χ0n) is 9.11. The fraction of sp³-hybridized carbons (Fsp3) is 1.00. The first-order valence-corrected chi connectivity index (χ1v) is 4.89.